The van der Waals surface area contributed by atoms with E-state index in [1.165, 1.54) is 6.07 Å². The third-order valence-corrected chi connectivity index (χ3v) is 1.05. The third-order valence-electron chi connectivity index (χ3n) is 1.05. The number of alkyl halides is 5. The molecule has 1 atom stereocenters. The number of nitrogens with zero attached hydrogens (tertiary/aromatic N) is 1. The Morgan fingerprint density at radius 3 is 2.23 bits per heavy atom. The maximum atomic E-state index is 12.2. The predicted octanol–water partition coefficient (Wildman–Crippen LogP) is 2.11. The molecule has 0 amide bonds. The Balaban J connectivity index is 4.00. The molecule has 0 heterocycles. The molecule has 0 fully saturated rings. The van der Waals surface area contributed by atoms with Crippen LogP contribution in [0.3, 0.4) is 0 Å². The molecule has 0 aliphatic carbocycles. The van der Waals surface area contributed by atoms with Gasteiger partial charge in [0.25, 0.3) is 12.6 Å². The maximum absolute atomic E-state index is 12.2. The number of halogens is 5. The lowest BCUT2D eigenvalue weighted by Crippen LogP contribution is -2.38. The van der Waals surface area contributed by atoms with Gasteiger partial charge in [-0.1, -0.05) is 0 Å². The van der Waals surface area contributed by atoms with Crippen LogP contribution in [0.1, 0.15) is 6.42 Å². The van der Waals surface area contributed by atoms with E-state index in [1.54, 1.807) is 0 Å². The molecule has 0 N–H and O–H groups in total. The van der Waals surface area contributed by atoms with Gasteiger partial charge in [-0.25, -0.2) is 13.2 Å². The summed E-state index contributed by atoms with van der Waals surface area (Å²) in [5.74, 6) is 0. The van der Waals surface area contributed by atoms with Crippen LogP contribution in [0.25, 0.3) is 0 Å². The summed E-state index contributed by atoms with van der Waals surface area (Å²) < 4.78 is 62.8. The van der Waals surface area contributed by atoms with Gasteiger partial charge in [0, 0.05) is 0 Å². The van der Waals surface area contributed by atoms with E-state index in [2.05, 4.69) is 4.74 Å². The second-order valence-electron chi connectivity index (χ2n) is 2.05. The van der Waals surface area contributed by atoms with Gasteiger partial charge < -0.3 is 4.74 Å². The van der Waals surface area contributed by atoms with E-state index < -0.39 is 31.7 Å². The zero-order chi connectivity index (χ0) is 10.5. The average molecular weight is 203 g/mol. The Hall–Kier alpha value is -0.900. The highest BCUT2D eigenvalue weighted by molar-refractivity contribution is 4.72. The van der Waals surface area contributed by atoms with Crippen LogP contribution in [0.4, 0.5) is 22.0 Å². The lowest BCUT2D eigenvalue weighted by molar-refractivity contribution is -0.290. The zero-order valence-electron chi connectivity index (χ0n) is 6.31. The molecule has 0 aliphatic heterocycles. The normalized spacial score (nSPS) is 14.2. The van der Waals surface area contributed by atoms with Crippen molar-refractivity contribution in [1.82, 2.24) is 0 Å². The largest absolute Gasteiger partial charge is 0.392 e. The highest BCUT2D eigenvalue weighted by atomic mass is 19.3. The molecule has 0 bridgehead atoms. The molecule has 0 spiro atoms. The van der Waals surface area contributed by atoms with E-state index in [4.69, 9.17) is 5.26 Å². The zero-order valence-corrected chi connectivity index (χ0v) is 6.31. The van der Waals surface area contributed by atoms with Crippen LogP contribution in [-0.4, -0.2) is 25.3 Å². The molecule has 0 aliphatic rings. The molecule has 0 aromatic heterocycles. The Morgan fingerprint density at radius 1 is 1.31 bits per heavy atom. The SMILES string of the molecule is N#CCCOC(F)(F)C(F)C(F)F. The molecular weight excluding hydrogens is 197 g/mol. The van der Waals surface area contributed by atoms with Crippen molar-refractivity contribution in [3.63, 3.8) is 0 Å². The van der Waals surface area contributed by atoms with Gasteiger partial charge in [-0.05, 0) is 0 Å². The van der Waals surface area contributed by atoms with Crippen LogP contribution in [0.15, 0.2) is 0 Å². The summed E-state index contributed by atoms with van der Waals surface area (Å²) in [5.41, 5.74) is 0. The van der Waals surface area contributed by atoms with Gasteiger partial charge in [-0.3, -0.25) is 0 Å². The standard InChI is InChI=1S/C6H6F5NO/c7-4(5(8)9)6(10,11)13-3-1-2-12/h4-5H,1,3H2. The Kier molecular flexibility index (Phi) is 4.62. The van der Waals surface area contributed by atoms with E-state index in [0.29, 0.717) is 0 Å². The average Bonchev–Trinajstić information content (AvgIpc) is 2.03. The van der Waals surface area contributed by atoms with E-state index in [1.807, 2.05) is 0 Å². The second kappa shape index (κ2) is 4.97. The monoisotopic (exact) mass is 203 g/mol. The van der Waals surface area contributed by atoms with Crippen molar-refractivity contribution in [3.05, 3.63) is 0 Å². The third kappa shape index (κ3) is 4.03. The summed E-state index contributed by atoms with van der Waals surface area (Å²) in [4.78, 5) is 0. The van der Waals surface area contributed by atoms with E-state index in [0.717, 1.165) is 0 Å². The molecule has 76 valence electrons. The highest BCUT2D eigenvalue weighted by Gasteiger charge is 2.47. The number of rotatable bonds is 5. The minimum Gasteiger partial charge on any atom is -0.317 e. The molecular formula is C6H6F5NO. The van der Waals surface area contributed by atoms with Crippen molar-refractivity contribution >= 4 is 0 Å². The van der Waals surface area contributed by atoms with Crippen LogP contribution in [0.2, 0.25) is 0 Å². The molecule has 0 aromatic rings. The Bertz CT molecular complexity index is 190. The quantitative estimate of drug-likeness (QED) is 0.506. The first-order valence-corrected chi connectivity index (χ1v) is 3.22. The summed E-state index contributed by atoms with van der Waals surface area (Å²) >= 11 is 0. The maximum Gasteiger partial charge on any atom is 0.392 e. The van der Waals surface area contributed by atoms with Crippen LogP contribution in [-0.2, 0) is 4.74 Å². The summed E-state index contributed by atoms with van der Waals surface area (Å²) in [5, 5.41) is 7.89. The van der Waals surface area contributed by atoms with Crippen molar-refractivity contribution in [2.24, 2.45) is 0 Å². The van der Waals surface area contributed by atoms with Gasteiger partial charge in [0.05, 0.1) is 19.1 Å². The number of nitriles is 1. The Labute approximate surface area is 70.9 Å². The summed E-state index contributed by atoms with van der Waals surface area (Å²) in [6, 6.07) is 1.44. The minimum atomic E-state index is -4.54. The summed E-state index contributed by atoms with van der Waals surface area (Å²) in [6.07, 6.45) is -12.4. The fraction of sp³-hybridized carbons (Fsp3) is 0.833. The first kappa shape index (κ1) is 12.1. The van der Waals surface area contributed by atoms with Gasteiger partial charge in [-0.15, -0.1) is 0 Å². The van der Waals surface area contributed by atoms with Crippen LogP contribution < -0.4 is 0 Å². The van der Waals surface area contributed by atoms with E-state index in [9.17, 15) is 22.0 Å². The van der Waals surface area contributed by atoms with Crippen molar-refractivity contribution in [2.75, 3.05) is 6.61 Å². The van der Waals surface area contributed by atoms with Crippen molar-refractivity contribution < 1.29 is 26.7 Å². The fourth-order valence-electron chi connectivity index (χ4n) is 0.459. The molecule has 0 aromatic carbocycles. The lowest BCUT2D eigenvalue weighted by atomic mass is 10.4. The first-order chi connectivity index (χ1) is 5.91. The molecule has 7 heteroatoms. The van der Waals surface area contributed by atoms with Crippen molar-refractivity contribution in [2.45, 2.75) is 25.1 Å². The van der Waals surface area contributed by atoms with Crippen LogP contribution in [0, 0.1) is 11.3 Å². The van der Waals surface area contributed by atoms with Gasteiger partial charge >= 0.3 is 6.11 Å². The van der Waals surface area contributed by atoms with E-state index in [-0.39, 0.29) is 0 Å². The van der Waals surface area contributed by atoms with Crippen LogP contribution >= 0.6 is 0 Å². The van der Waals surface area contributed by atoms with Crippen molar-refractivity contribution in [3.8, 4) is 6.07 Å². The summed E-state index contributed by atoms with van der Waals surface area (Å²) in [6.45, 7) is -0.781. The lowest BCUT2D eigenvalue weighted by Gasteiger charge is -2.19. The predicted molar refractivity (Wildman–Crippen MR) is 32.0 cm³/mol. The van der Waals surface area contributed by atoms with E-state index >= 15 is 0 Å². The van der Waals surface area contributed by atoms with Gasteiger partial charge in [0.2, 0.25) is 0 Å². The molecule has 13 heavy (non-hydrogen) atoms. The minimum absolute atomic E-state index is 0.411. The molecule has 2 nitrogen and oxygen atoms in total. The van der Waals surface area contributed by atoms with Gasteiger partial charge in [0.15, 0.2) is 0 Å². The summed E-state index contributed by atoms with van der Waals surface area (Å²) in [7, 11) is 0. The molecule has 0 radical (unpaired) electrons. The Morgan fingerprint density at radius 2 is 1.85 bits per heavy atom. The molecule has 1 unspecified atom stereocenters. The second-order valence-corrected chi connectivity index (χ2v) is 2.05. The first-order valence-electron chi connectivity index (χ1n) is 3.22. The van der Waals surface area contributed by atoms with Crippen LogP contribution in [0.5, 0.6) is 0 Å². The topological polar surface area (TPSA) is 33.0 Å². The molecule has 0 rings (SSSR count). The number of hydrogen-bond acceptors (Lipinski definition) is 2. The van der Waals surface area contributed by atoms with Gasteiger partial charge in [-0.2, -0.15) is 14.0 Å². The van der Waals surface area contributed by atoms with Crippen molar-refractivity contribution in [1.29, 1.82) is 5.26 Å². The smallest absolute Gasteiger partial charge is 0.317 e. The highest BCUT2D eigenvalue weighted by Crippen LogP contribution is 2.27. The number of hydrogen-bond donors (Lipinski definition) is 0. The van der Waals surface area contributed by atoms with Gasteiger partial charge in [0.1, 0.15) is 0 Å². The number of ether oxygens (including phenoxy) is 1. The molecule has 0 saturated carbocycles. The molecule has 0 saturated heterocycles. The fourth-order valence-corrected chi connectivity index (χ4v) is 0.459.